The summed E-state index contributed by atoms with van der Waals surface area (Å²) in [7, 11) is 0. The standard InChI is InChI=1S/C14H8ClFN2O2/c15-12-11-10(14(19)20)5-2-6-18(11)13(17-12)8-3-1-4-9(16)7-8/h1-7H,(H,19,20). The van der Waals surface area contributed by atoms with E-state index in [-0.39, 0.29) is 10.7 Å². The van der Waals surface area contributed by atoms with E-state index in [1.165, 1.54) is 18.2 Å². The third-order valence-corrected chi connectivity index (χ3v) is 3.20. The number of aromatic carboxylic acids is 1. The molecule has 0 radical (unpaired) electrons. The van der Waals surface area contributed by atoms with Crippen molar-refractivity contribution in [3.8, 4) is 11.4 Å². The molecule has 20 heavy (non-hydrogen) atoms. The molecule has 6 heteroatoms. The van der Waals surface area contributed by atoms with Gasteiger partial charge in [-0.3, -0.25) is 4.40 Å². The van der Waals surface area contributed by atoms with Crippen LogP contribution in [0.3, 0.4) is 0 Å². The molecule has 0 atom stereocenters. The number of pyridine rings is 1. The van der Waals surface area contributed by atoms with E-state index in [1.807, 2.05) is 0 Å². The molecule has 0 aliphatic heterocycles. The Hall–Kier alpha value is -2.40. The van der Waals surface area contributed by atoms with Crippen LogP contribution in [0.15, 0.2) is 42.6 Å². The Balaban J connectivity index is 2.34. The molecule has 2 heterocycles. The summed E-state index contributed by atoms with van der Waals surface area (Å²) in [6.45, 7) is 0. The van der Waals surface area contributed by atoms with E-state index in [0.29, 0.717) is 16.9 Å². The third kappa shape index (κ3) is 1.92. The van der Waals surface area contributed by atoms with Crippen molar-refractivity contribution in [1.29, 1.82) is 0 Å². The summed E-state index contributed by atoms with van der Waals surface area (Å²) in [6, 6.07) is 8.91. The van der Waals surface area contributed by atoms with Crippen LogP contribution in [-0.4, -0.2) is 20.5 Å². The summed E-state index contributed by atoms with van der Waals surface area (Å²) in [5.41, 5.74) is 0.864. The van der Waals surface area contributed by atoms with Crippen LogP contribution in [0.25, 0.3) is 16.9 Å². The van der Waals surface area contributed by atoms with Gasteiger partial charge in [-0.25, -0.2) is 14.2 Å². The Morgan fingerprint density at radius 3 is 2.80 bits per heavy atom. The maximum absolute atomic E-state index is 13.3. The zero-order valence-electron chi connectivity index (χ0n) is 10.0. The predicted molar refractivity (Wildman–Crippen MR) is 72.6 cm³/mol. The average Bonchev–Trinajstić information content (AvgIpc) is 2.76. The van der Waals surface area contributed by atoms with E-state index in [1.54, 1.807) is 28.8 Å². The van der Waals surface area contributed by atoms with Gasteiger partial charge in [0.05, 0.1) is 11.1 Å². The number of hydrogen-bond acceptors (Lipinski definition) is 2. The van der Waals surface area contributed by atoms with Gasteiger partial charge < -0.3 is 5.11 Å². The molecule has 0 bridgehead atoms. The van der Waals surface area contributed by atoms with Gasteiger partial charge in [-0.15, -0.1) is 0 Å². The summed E-state index contributed by atoms with van der Waals surface area (Å²) in [6.07, 6.45) is 1.64. The SMILES string of the molecule is O=C(O)c1cccn2c(-c3cccc(F)c3)nc(Cl)c12. The van der Waals surface area contributed by atoms with E-state index < -0.39 is 11.8 Å². The number of carbonyl (C=O) groups is 1. The Bertz CT molecular complexity index is 829. The lowest BCUT2D eigenvalue weighted by Crippen LogP contribution is -2.00. The Labute approximate surface area is 118 Å². The lowest BCUT2D eigenvalue weighted by Gasteiger charge is -2.03. The number of halogens is 2. The Kier molecular flexibility index (Phi) is 2.91. The first-order chi connectivity index (χ1) is 9.58. The van der Waals surface area contributed by atoms with Gasteiger partial charge in [0.25, 0.3) is 0 Å². The lowest BCUT2D eigenvalue weighted by atomic mass is 10.2. The minimum Gasteiger partial charge on any atom is -0.478 e. The topological polar surface area (TPSA) is 54.6 Å². The van der Waals surface area contributed by atoms with Crippen molar-refractivity contribution >= 4 is 23.1 Å². The quantitative estimate of drug-likeness (QED) is 0.786. The smallest absolute Gasteiger partial charge is 0.337 e. The van der Waals surface area contributed by atoms with Crippen LogP contribution >= 0.6 is 11.6 Å². The first-order valence-electron chi connectivity index (χ1n) is 5.74. The number of rotatable bonds is 2. The van der Waals surface area contributed by atoms with Crippen molar-refractivity contribution in [3.05, 3.63) is 59.1 Å². The molecule has 0 unspecified atom stereocenters. The van der Waals surface area contributed by atoms with Gasteiger partial charge in [-0.1, -0.05) is 23.7 Å². The molecule has 1 aromatic carbocycles. The molecule has 0 saturated carbocycles. The highest BCUT2D eigenvalue weighted by Crippen LogP contribution is 2.28. The molecule has 0 aliphatic carbocycles. The third-order valence-electron chi connectivity index (χ3n) is 2.93. The number of carboxylic acid groups (broad SMARTS) is 1. The van der Waals surface area contributed by atoms with Gasteiger partial charge >= 0.3 is 5.97 Å². The fourth-order valence-electron chi connectivity index (χ4n) is 2.10. The second-order valence-corrected chi connectivity index (χ2v) is 4.54. The highest BCUT2D eigenvalue weighted by atomic mass is 35.5. The number of carboxylic acids is 1. The van der Waals surface area contributed by atoms with Crippen molar-refractivity contribution in [2.75, 3.05) is 0 Å². The minimum absolute atomic E-state index is 0.0488. The molecule has 0 fully saturated rings. The van der Waals surface area contributed by atoms with Crippen molar-refractivity contribution in [2.45, 2.75) is 0 Å². The van der Waals surface area contributed by atoms with Crippen molar-refractivity contribution in [3.63, 3.8) is 0 Å². The highest BCUT2D eigenvalue weighted by molar-refractivity contribution is 6.33. The molecule has 0 amide bonds. The molecular formula is C14H8ClFN2O2. The largest absolute Gasteiger partial charge is 0.478 e. The zero-order chi connectivity index (χ0) is 14.3. The van der Waals surface area contributed by atoms with Gasteiger partial charge in [0, 0.05) is 11.8 Å². The second-order valence-electron chi connectivity index (χ2n) is 4.18. The monoisotopic (exact) mass is 290 g/mol. The fourth-order valence-corrected chi connectivity index (χ4v) is 2.37. The zero-order valence-corrected chi connectivity index (χ0v) is 10.8. The van der Waals surface area contributed by atoms with Crippen LogP contribution in [0.5, 0.6) is 0 Å². The van der Waals surface area contributed by atoms with Crippen LogP contribution in [0, 0.1) is 5.82 Å². The van der Waals surface area contributed by atoms with Crippen LogP contribution in [0.2, 0.25) is 5.15 Å². The lowest BCUT2D eigenvalue weighted by molar-refractivity contribution is 0.0698. The summed E-state index contributed by atoms with van der Waals surface area (Å²) in [5.74, 6) is -1.10. The molecule has 0 aliphatic rings. The molecule has 1 N–H and O–H groups in total. The fraction of sp³-hybridized carbons (Fsp3) is 0. The number of benzene rings is 1. The van der Waals surface area contributed by atoms with Gasteiger partial charge in [-0.2, -0.15) is 0 Å². The molecule has 4 nitrogen and oxygen atoms in total. The van der Waals surface area contributed by atoms with E-state index in [0.717, 1.165) is 0 Å². The van der Waals surface area contributed by atoms with Crippen LogP contribution in [-0.2, 0) is 0 Å². The second kappa shape index (κ2) is 4.61. The Morgan fingerprint density at radius 1 is 1.30 bits per heavy atom. The van der Waals surface area contributed by atoms with Crippen molar-refractivity contribution < 1.29 is 14.3 Å². The average molecular weight is 291 g/mol. The van der Waals surface area contributed by atoms with E-state index >= 15 is 0 Å². The molecule has 0 spiro atoms. The minimum atomic E-state index is -1.09. The molecule has 3 rings (SSSR count). The van der Waals surface area contributed by atoms with Gasteiger partial charge in [0.15, 0.2) is 5.15 Å². The van der Waals surface area contributed by atoms with Crippen LogP contribution in [0.4, 0.5) is 4.39 Å². The van der Waals surface area contributed by atoms with Crippen molar-refractivity contribution in [2.24, 2.45) is 0 Å². The molecule has 100 valence electrons. The number of fused-ring (bicyclic) bond motifs is 1. The van der Waals surface area contributed by atoms with Gasteiger partial charge in [-0.05, 0) is 24.3 Å². The summed E-state index contributed by atoms with van der Waals surface area (Å²) >= 11 is 6.03. The highest BCUT2D eigenvalue weighted by Gasteiger charge is 2.17. The molecule has 3 aromatic rings. The predicted octanol–water partition coefficient (Wildman–Crippen LogP) is 3.49. The first kappa shape index (κ1) is 12.6. The molecule has 0 saturated heterocycles. The number of nitrogens with zero attached hydrogens (tertiary/aromatic N) is 2. The number of imidazole rings is 1. The van der Waals surface area contributed by atoms with Crippen LogP contribution in [0.1, 0.15) is 10.4 Å². The van der Waals surface area contributed by atoms with Crippen molar-refractivity contribution in [1.82, 2.24) is 9.38 Å². The van der Waals surface area contributed by atoms with E-state index in [2.05, 4.69) is 4.98 Å². The maximum Gasteiger partial charge on any atom is 0.337 e. The van der Waals surface area contributed by atoms with Gasteiger partial charge in [0.2, 0.25) is 0 Å². The van der Waals surface area contributed by atoms with Gasteiger partial charge in [0.1, 0.15) is 11.6 Å². The van der Waals surface area contributed by atoms with Crippen LogP contribution < -0.4 is 0 Å². The number of aromatic nitrogens is 2. The summed E-state index contributed by atoms with van der Waals surface area (Å²) < 4.78 is 14.8. The molecular weight excluding hydrogens is 283 g/mol. The molecule has 2 aromatic heterocycles. The Morgan fingerprint density at radius 2 is 2.10 bits per heavy atom. The normalized spacial score (nSPS) is 10.9. The first-order valence-corrected chi connectivity index (χ1v) is 6.11. The maximum atomic E-state index is 13.3. The summed E-state index contributed by atoms with van der Waals surface area (Å²) in [4.78, 5) is 15.3. The van der Waals surface area contributed by atoms with E-state index in [4.69, 9.17) is 11.6 Å². The summed E-state index contributed by atoms with van der Waals surface area (Å²) in [5, 5.41) is 9.24. The number of hydrogen-bond donors (Lipinski definition) is 1. The van der Waals surface area contributed by atoms with E-state index in [9.17, 15) is 14.3 Å².